The van der Waals surface area contributed by atoms with Crippen LogP contribution >= 0.6 is 11.8 Å². The Morgan fingerprint density at radius 2 is 1.81 bits per heavy atom. The fourth-order valence-electron chi connectivity index (χ4n) is 3.99. The van der Waals surface area contributed by atoms with Crippen molar-refractivity contribution in [2.45, 2.75) is 49.6 Å². The van der Waals surface area contributed by atoms with E-state index in [-0.39, 0.29) is 29.9 Å². The van der Waals surface area contributed by atoms with Gasteiger partial charge in [0.2, 0.25) is 5.91 Å². The second kappa shape index (κ2) is 10.9. The average molecular weight is 448 g/mol. The lowest BCUT2D eigenvalue weighted by Crippen LogP contribution is -2.37. The van der Waals surface area contributed by atoms with E-state index in [0.717, 1.165) is 30.6 Å². The van der Waals surface area contributed by atoms with Crippen molar-refractivity contribution < 1.29 is 14.4 Å². The van der Waals surface area contributed by atoms with E-state index in [9.17, 15) is 14.4 Å². The first kappa shape index (κ1) is 23.4. The third kappa shape index (κ3) is 6.13. The third-order valence-electron chi connectivity index (χ3n) is 6.05. The fourth-order valence-corrected chi connectivity index (χ4v) is 5.53. The molecule has 1 aromatic carbocycles. The van der Waals surface area contributed by atoms with E-state index < -0.39 is 0 Å². The highest BCUT2D eigenvalue weighted by atomic mass is 32.2. The summed E-state index contributed by atoms with van der Waals surface area (Å²) in [6.07, 6.45) is 3.31. The van der Waals surface area contributed by atoms with Crippen molar-refractivity contribution in [1.82, 2.24) is 20.4 Å². The zero-order valence-electron chi connectivity index (χ0n) is 18.3. The molecule has 2 saturated heterocycles. The van der Waals surface area contributed by atoms with E-state index in [2.05, 4.69) is 10.6 Å². The standard InChI is InChI=1S/C22H33N5O3S/c1-26(11-12-27(2)21(29)16-9-7-15(13-23)8-10-16)19(28)6-4-3-5-18-20-17(14-31-18)24-22(30)25-20/h7-10,17-18,20H,3-6,11-14,23H2,1-2H3,(H2,24,25,30)/t17-,18-,20-/m0/s1. The van der Waals surface area contributed by atoms with Gasteiger partial charge in [-0.25, -0.2) is 4.79 Å². The Kier molecular flexibility index (Phi) is 8.20. The molecule has 3 rings (SSSR count). The maximum absolute atomic E-state index is 12.5. The van der Waals surface area contributed by atoms with Crippen LogP contribution in [-0.2, 0) is 11.3 Å². The molecular formula is C22H33N5O3S. The second-order valence-corrected chi connectivity index (χ2v) is 9.58. The predicted octanol–water partition coefficient (Wildman–Crippen LogP) is 1.40. The molecule has 0 radical (unpaired) electrons. The van der Waals surface area contributed by atoms with Crippen LogP contribution < -0.4 is 16.4 Å². The number of benzene rings is 1. The highest BCUT2D eigenvalue weighted by Gasteiger charge is 2.42. The molecule has 2 heterocycles. The van der Waals surface area contributed by atoms with Crippen LogP contribution in [0.5, 0.6) is 0 Å². The van der Waals surface area contributed by atoms with Crippen LogP contribution in [0.3, 0.4) is 0 Å². The van der Waals surface area contributed by atoms with Crippen LogP contribution in [0.1, 0.15) is 41.6 Å². The lowest BCUT2D eigenvalue weighted by Gasteiger charge is -2.23. The molecule has 0 bridgehead atoms. The van der Waals surface area contributed by atoms with E-state index in [0.29, 0.717) is 36.9 Å². The van der Waals surface area contributed by atoms with E-state index in [1.54, 1.807) is 36.0 Å². The van der Waals surface area contributed by atoms with Gasteiger partial charge in [0.15, 0.2) is 0 Å². The number of urea groups is 1. The first-order valence-corrected chi connectivity index (χ1v) is 11.9. The number of nitrogens with two attached hydrogens (primary N) is 1. The van der Waals surface area contributed by atoms with Crippen LogP contribution in [0.2, 0.25) is 0 Å². The first-order valence-electron chi connectivity index (χ1n) is 10.9. The molecule has 0 saturated carbocycles. The molecule has 1 aromatic rings. The number of amides is 4. The monoisotopic (exact) mass is 447 g/mol. The Balaban J connectivity index is 1.32. The Hall–Kier alpha value is -2.26. The van der Waals surface area contributed by atoms with Gasteiger partial charge in [0.1, 0.15) is 0 Å². The molecule has 31 heavy (non-hydrogen) atoms. The quantitative estimate of drug-likeness (QED) is 0.371. The first-order chi connectivity index (χ1) is 14.9. The SMILES string of the molecule is CN(CCN(C)C(=O)c1ccc(CN)cc1)C(=O)CCCC[C@@H]1SC[C@@H]2NC(=O)N[C@@H]21. The van der Waals surface area contributed by atoms with Crippen molar-refractivity contribution in [3.63, 3.8) is 0 Å². The fraction of sp³-hybridized carbons (Fsp3) is 0.591. The summed E-state index contributed by atoms with van der Waals surface area (Å²) in [7, 11) is 3.54. The minimum absolute atomic E-state index is 0.0619. The van der Waals surface area contributed by atoms with Gasteiger partial charge in [-0.05, 0) is 30.5 Å². The number of hydrogen-bond donors (Lipinski definition) is 3. The molecule has 170 valence electrons. The summed E-state index contributed by atoms with van der Waals surface area (Å²) in [4.78, 5) is 39.7. The summed E-state index contributed by atoms with van der Waals surface area (Å²) in [5.41, 5.74) is 7.20. The number of thioether (sulfide) groups is 1. The Labute approximate surface area is 188 Å². The van der Waals surface area contributed by atoms with Gasteiger partial charge in [0.25, 0.3) is 5.91 Å². The molecule has 0 aliphatic carbocycles. The third-order valence-corrected chi connectivity index (χ3v) is 7.56. The molecule has 4 N–H and O–H groups in total. The minimum atomic E-state index is -0.0646. The van der Waals surface area contributed by atoms with Gasteiger partial charge in [0.05, 0.1) is 12.1 Å². The van der Waals surface area contributed by atoms with Gasteiger partial charge in [0, 0.05) is 56.7 Å². The van der Waals surface area contributed by atoms with E-state index in [1.165, 1.54) is 0 Å². The predicted molar refractivity (Wildman–Crippen MR) is 123 cm³/mol. The molecule has 0 aromatic heterocycles. The molecule has 8 nitrogen and oxygen atoms in total. The summed E-state index contributed by atoms with van der Waals surface area (Å²) in [5.74, 6) is 0.991. The van der Waals surface area contributed by atoms with Gasteiger partial charge in [-0.15, -0.1) is 0 Å². The van der Waals surface area contributed by atoms with Crippen molar-refractivity contribution in [3.8, 4) is 0 Å². The number of rotatable bonds is 10. The van der Waals surface area contributed by atoms with E-state index in [1.807, 2.05) is 23.9 Å². The number of nitrogens with one attached hydrogen (secondary N) is 2. The normalized spacial score (nSPS) is 21.9. The topological polar surface area (TPSA) is 108 Å². The summed E-state index contributed by atoms with van der Waals surface area (Å²) < 4.78 is 0. The summed E-state index contributed by atoms with van der Waals surface area (Å²) in [6, 6.07) is 7.69. The summed E-state index contributed by atoms with van der Waals surface area (Å²) in [6.45, 7) is 1.43. The lowest BCUT2D eigenvalue weighted by atomic mass is 10.0. The van der Waals surface area contributed by atoms with Crippen LogP contribution in [0, 0.1) is 0 Å². The Bertz CT molecular complexity index is 788. The van der Waals surface area contributed by atoms with Gasteiger partial charge in [-0.2, -0.15) is 11.8 Å². The van der Waals surface area contributed by atoms with Gasteiger partial charge in [-0.1, -0.05) is 18.6 Å². The molecule has 0 spiro atoms. The molecular weight excluding hydrogens is 414 g/mol. The number of carbonyl (C=O) groups excluding carboxylic acids is 3. The average Bonchev–Trinajstić information content (AvgIpc) is 3.33. The Morgan fingerprint density at radius 1 is 1.10 bits per heavy atom. The summed E-state index contributed by atoms with van der Waals surface area (Å²) in [5, 5.41) is 6.38. The molecule has 2 aliphatic heterocycles. The van der Waals surface area contributed by atoms with Crippen LogP contribution in [-0.4, -0.2) is 77.9 Å². The highest BCUT2D eigenvalue weighted by Crippen LogP contribution is 2.33. The zero-order chi connectivity index (χ0) is 22.4. The van der Waals surface area contributed by atoms with Crippen LogP contribution in [0.15, 0.2) is 24.3 Å². The minimum Gasteiger partial charge on any atom is -0.344 e. The van der Waals surface area contributed by atoms with E-state index >= 15 is 0 Å². The number of carbonyl (C=O) groups is 3. The highest BCUT2D eigenvalue weighted by molar-refractivity contribution is 8.00. The molecule has 9 heteroatoms. The molecule has 2 fully saturated rings. The Morgan fingerprint density at radius 3 is 2.52 bits per heavy atom. The lowest BCUT2D eigenvalue weighted by molar-refractivity contribution is -0.130. The van der Waals surface area contributed by atoms with Crippen LogP contribution in [0.25, 0.3) is 0 Å². The van der Waals surface area contributed by atoms with Crippen LogP contribution in [0.4, 0.5) is 4.79 Å². The van der Waals surface area contributed by atoms with Crippen molar-refractivity contribution in [2.24, 2.45) is 5.73 Å². The second-order valence-electron chi connectivity index (χ2n) is 8.31. The molecule has 3 atom stereocenters. The smallest absolute Gasteiger partial charge is 0.315 e. The molecule has 2 aliphatic rings. The van der Waals surface area contributed by atoms with Crippen molar-refractivity contribution in [2.75, 3.05) is 32.9 Å². The maximum Gasteiger partial charge on any atom is 0.315 e. The number of fused-ring (bicyclic) bond motifs is 1. The van der Waals surface area contributed by atoms with E-state index in [4.69, 9.17) is 5.73 Å². The maximum atomic E-state index is 12.5. The van der Waals surface area contributed by atoms with Crippen molar-refractivity contribution in [3.05, 3.63) is 35.4 Å². The molecule has 0 unspecified atom stereocenters. The van der Waals surface area contributed by atoms with Crippen molar-refractivity contribution in [1.29, 1.82) is 0 Å². The number of unbranched alkanes of at least 4 members (excludes halogenated alkanes) is 1. The van der Waals surface area contributed by atoms with Crippen molar-refractivity contribution >= 4 is 29.6 Å². The van der Waals surface area contributed by atoms with Gasteiger partial charge >= 0.3 is 6.03 Å². The largest absolute Gasteiger partial charge is 0.344 e. The number of hydrogen-bond acceptors (Lipinski definition) is 5. The number of nitrogens with zero attached hydrogens (tertiary/aromatic N) is 2. The molecule has 4 amide bonds. The zero-order valence-corrected chi connectivity index (χ0v) is 19.1. The number of likely N-dealkylation sites (N-methyl/N-ethyl adjacent to an activating group) is 2. The van der Waals surface area contributed by atoms with Gasteiger partial charge in [-0.3, -0.25) is 9.59 Å². The van der Waals surface area contributed by atoms with Gasteiger partial charge < -0.3 is 26.2 Å². The summed E-state index contributed by atoms with van der Waals surface area (Å²) >= 11 is 1.90.